The van der Waals surface area contributed by atoms with Crippen molar-refractivity contribution in [3.05, 3.63) is 21.9 Å². The van der Waals surface area contributed by atoms with Crippen LogP contribution >= 0.6 is 11.3 Å². The Bertz CT molecular complexity index is 527. The molecule has 0 spiro atoms. The first-order valence-electron chi connectivity index (χ1n) is 6.78. The number of thiophene rings is 1. The summed E-state index contributed by atoms with van der Waals surface area (Å²) in [4.78, 5) is 14.9. The zero-order valence-electron chi connectivity index (χ0n) is 11.5. The number of hydrogen-bond donors (Lipinski definition) is 2. The molecule has 2 heterocycles. The van der Waals surface area contributed by atoms with E-state index >= 15 is 0 Å². The molecule has 5 heteroatoms. The van der Waals surface area contributed by atoms with E-state index in [1.165, 1.54) is 11.3 Å². The highest BCUT2D eigenvalue weighted by molar-refractivity contribution is 7.12. The predicted octanol–water partition coefficient (Wildman–Crippen LogP) is 1.32. The maximum Gasteiger partial charge on any atom is 0.265 e. The monoisotopic (exact) mass is 293 g/mol. The number of nitrogens with zero attached hydrogens (tertiary/aromatic N) is 1. The summed E-state index contributed by atoms with van der Waals surface area (Å²) in [5.74, 6) is 5.95. The molecule has 1 aliphatic heterocycles. The van der Waals surface area contributed by atoms with Gasteiger partial charge in [-0.3, -0.25) is 4.79 Å². The molecular weight excluding hydrogens is 274 g/mol. The van der Waals surface area contributed by atoms with E-state index in [4.69, 9.17) is 5.11 Å². The van der Waals surface area contributed by atoms with Gasteiger partial charge in [0, 0.05) is 31.0 Å². The van der Waals surface area contributed by atoms with Crippen LogP contribution in [-0.4, -0.2) is 46.8 Å². The van der Waals surface area contributed by atoms with Gasteiger partial charge >= 0.3 is 0 Å². The van der Waals surface area contributed by atoms with Crippen LogP contribution in [-0.2, 0) is 0 Å². The van der Waals surface area contributed by atoms with Crippen LogP contribution in [0.25, 0.3) is 0 Å². The Hall–Kier alpha value is -1.35. The summed E-state index contributed by atoms with van der Waals surface area (Å²) < 4.78 is 0. The van der Waals surface area contributed by atoms with Gasteiger partial charge in [-0.15, -0.1) is 11.3 Å². The smallest absolute Gasteiger partial charge is 0.265 e. The lowest BCUT2D eigenvalue weighted by Gasteiger charge is -2.17. The molecule has 1 saturated heterocycles. The Morgan fingerprint density at radius 1 is 1.65 bits per heavy atom. The van der Waals surface area contributed by atoms with Crippen LogP contribution in [0, 0.1) is 17.8 Å². The van der Waals surface area contributed by atoms with Gasteiger partial charge in [0.15, 0.2) is 0 Å². The van der Waals surface area contributed by atoms with Gasteiger partial charge in [-0.25, -0.2) is 0 Å². The molecule has 2 atom stereocenters. The topological polar surface area (TPSA) is 60.8 Å². The Morgan fingerprint density at radius 2 is 2.45 bits per heavy atom. The number of hydrogen-bond acceptors (Lipinski definition) is 4. The van der Waals surface area contributed by atoms with E-state index in [1.54, 1.807) is 11.8 Å². The summed E-state index contributed by atoms with van der Waals surface area (Å²) in [6, 6.07) is 1.84. The molecular formula is C15H19NO3S. The summed E-state index contributed by atoms with van der Waals surface area (Å²) in [6.45, 7) is 3.10. The van der Waals surface area contributed by atoms with Crippen LogP contribution in [0.4, 0.5) is 0 Å². The van der Waals surface area contributed by atoms with Crippen LogP contribution in [0.2, 0.25) is 0 Å². The number of carbonyl (C=O) groups is 1. The Kier molecular flexibility index (Phi) is 5.18. The van der Waals surface area contributed by atoms with Gasteiger partial charge in [0.25, 0.3) is 5.91 Å². The Balaban J connectivity index is 2.08. The van der Waals surface area contributed by atoms with Crippen molar-refractivity contribution in [2.75, 3.05) is 19.7 Å². The molecule has 0 saturated carbocycles. The van der Waals surface area contributed by atoms with E-state index in [0.29, 0.717) is 24.4 Å². The molecule has 1 aliphatic rings. The molecule has 1 aromatic rings. The van der Waals surface area contributed by atoms with Crippen LogP contribution in [0.5, 0.6) is 0 Å². The van der Waals surface area contributed by atoms with E-state index in [2.05, 4.69) is 11.8 Å². The fraction of sp³-hybridized carbons (Fsp3) is 0.533. The Morgan fingerprint density at radius 3 is 3.10 bits per heavy atom. The fourth-order valence-electron chi connectivity index (χ4n) is 2.30. The van der Waals surface area contributed by atoms with E-state index in [0.717, 1.165) is 12.0 Å². The van der Waals surface area contributed by atoms with E-state index in [-0.39, 0.29) is 24.5 Å². The van der Waals surface area contributed by atoms with E-state index < -0.39 is 0 Å². The first kappa shape index (κ1) is 15.0. The van der Waals surface area contributed by atoms with Crippen molar-refractivity contribution in [2.45, 2.75) is 25.9 Å². The van der Waals surface area contributed by atoms with Gasteiger partial charge in [0.1, 0.15) is 4.88 Å². The molecule has 20 heavy (non-hydrogen) atoms. The molecule has 2 N–H and O–H groups in total. The second-order valence-electron chi connectivity index (χ2n) is 4.98. The van der Waals surface area contributed by atoms with Gasteiger partial charge < -0.3 is 15.1 Å². The van der Waals surface area contributed by atoms with Gasteiger partial charge in [-0.1, -0.05) is 11.8 Å². The molecule has 0 radical (unpaired) electrons. The first-order chi connectivity index (χ1) is 9.63. The summed E-state index contributed by atoms with van der Waals surface area (Å²) in [5.41, 5.74) is 0.731. The average molecular weight is 293 g/mol. The van der Waals surface area contributed by atoms with Crippen LogP contribution in [0.3, 0.4) is 0 Å². The minimum atomic E-state index is -0.375. The standard InChI is InChI=1S/C15H19NO3S/c1-11(18)13-5-7-16(10-13)15(19)14-12(6-9-20-14)4-2-3-8-17/h6,9,11,13,17-18H,3,5,7-8,10H2,1H3. The minimum absolute atomic E-state index is 0.00329. The van der Waals surface area contributed by atoms with Gasteiger partial charge in [-0.2, -0.15) is 0 Å². The number of likely N-dealkylation sites (tertiary alicyclic amines) is 1. The highest BCUT2D eigenvalue weighted by atomic mass is 32.1. The van der Waals surface area contributed by atoms with Crippen molar-refractivity contribution in [3.63, 3.8) is 0 Å². The third-order valence-electron chi connectivity index (χ3n) is 3.51. The zero-order chi connectivity index (χ0) is 14.5. The zero-order valence-corrected chi connectivity index (χ0v) is 12.3. The number of amides is 1. The quantitative estimate of drug-likeness (QED) is 0.827. The van der Waals surface area contributed by atoms with Crippen molar-refractivity contribution in [1.29, 1.82) is 0 Å². The first-order valence-corrected chi connectivity index (χ1v) is 7.66. The third kappa shape index (κ3) is 3.40. The molecule has 1 fully saturated rings. The highest BCUT2D eigenvalue weighted by Gasteiger charge is 2.30. The number of rotatable bonds is 3. The molecule has 1 aromatic heterocycles. The SMILES string of the molecule is CC(O)C1CCN(C(=O)c2sccc2C#CCCO)C1. The largest absolute Gasteiger partial charge is 0.395 e. The lowest BCUT2D eigenvalue weighted by Crippen LogP contribution is -2.30. The lowest BCUT2D eigenvalue weighted by atomic mass is 10.0. The molecule has 0 aromatic carbocycles. The van der Waals surface area contributed by atoms with Gasteiger partial charge in [-0.05, 0) is 24.8 Å². The summed E-state index contributed by atoms with van der Waals surface area (Å²) in [6.07, 6.45) is 0.886. The number of aliphatic hydroxyl groups is 2. The summed E-state index contributed by atoms with van der Waals surface area (Å²) >= 11 is 1.39. The highest BCUT2D eigenvalue weighted by Crippen LogP contribution is 2.24. The van der Waals surface area contributed by atoms with Crippen LogP contribution in [0.1, 0.15) is 35.0 Å². The van der Waals surface area contributed by atoms with Crippen molar-refractivity contribution in [3.8, 4) is 11.8 Å². The predicted molar refractivity (Wildman–Crippen MR) is 78.6 cm³/mol. The van der Waals surface area contributed by atoms with E-state index in [9.17, 15) is 9.90 Å². The number of aliphatic hydroxyl groups excluding tert-OH is 2. The number of carbonyl (C=O) groups excluding carboxylic acids is 1. The van der Waals surface area contributed by atoms with Crippen molar-refractivity contribution in [2.24, 2.45) is 5.92 Å². The van der Waals surface area contributed by atoms with Crippen LogP contribution < -0.4 is 0 Å². The maximum absolute atomic E-state index is 12.5. The summed E-state index contributed by atoms with van der Waals surface area (Å²) in [7, 11) is 0. The van der Waals surface area contributed by atoms with Gasteiger partial charge in [0.2, 0.25) is 0 Å². The molecule has 0 aliphatic carbocycles. The molecule has 2 rings (SSSR count). The molecule has 108 valence electrons. The van der Waals surface area contributed by atoms with Crippen molar-refractivity contribution < 1.29 is 15.0 Å². The van der Waals surface area contributed by atoms with E-state index in [1.807, 2.05) is 11.4 Å². The lowest BCUT2D eigenvalue weighted by molar-refractivity contribution is 0.0767. The Labute approximate surface area is 123 Å². The molecule has 0 bridgehead atoms. The van der Waals surface area contributed by atoms with Gasteiger partial charge in [0.05, 0.1) is 12.7 Å². The molecule has 2 unspecified atom stereocenters. The second kappa shape index (κ2) is 6.89. The van der Waals surface area contributed by atoms with Crippen molar-refractivity contribution >= 4 is 17.2 Å². The second-order valence-corrected chi connectivity index (χ2v) is 5.90. The third-order valence-corrected chi connectivity index (χ3v) is 4.42. The minimum Gasteiger partial charge on any atom is -0.395 e. The fourth-order valence-corrected chi connectivity index (χ4v) is 3.11. The molecule has 1 amide bonds. The van der Waals surface area contributed by atoms with Crippen molar-refractivity contribution in [1.82, 2.24) is 4.90 Å². The summed E-state index contributed by atoms with van der Waals surface area (Å²) in [5, 5.41) is 20.2. The van der Waals surface area contributed by atoms with Crippen LogP contribution in [0.15, 0.2) is 11.4 Å². The average Bonchev–Trinajstić information content (AvgIpc) is 3.07. The normalized spacial score (nSPS) is 19.6. The maximum atomic E-state index is 12.5. The molecule has 4 nitrogen and oxygen atoms in total.